The summed E-state index contributed by atoms with van der Waals surface area (Å²) in [6.07, 6.45) is 1.88. The molecular formula is C18H14ClNOS2. The Kier molecular flexibility index (Phi) is 5.39. The van der Waals surface area contributed by atoms with E-state index in [1.165, 1.54) is 9.10 Å². The van der Waals surface area contributed by atoms with Crippen LogP contribution in [-0.4, -0.2) is 13.3 Å². The minimum atomic E-state index is 0.756. The van der Waals surface area contributed by atoms with Crippen LogP contribution in [0.25, 0.3) is 0 Å². The number of aliphatic imine (C=N–C) groups is 1. The third-order valence-electron chi connectivity index (χ3n) is 3.03. The van der Waals surface area contributed by atoms with E-state index in [0.29, 0.717) is 0 Å². The molecule has 116 valence electrons. The van der Waals surface area contributed by atoms with Gasteiger partial charge in [0.25, 0.3) is 0 Å². The molecule has 0 aliphatic rings. The van der Waals surface area contributed by atoms with Crippen molar-refractivity contribution in [3.8, 4) is 5.75 Å². The molecule has 3 aromatic rings. The molecule has 0 aliphatic carbocycles. The van der Waals surface area contributed by atoms with Crippen molar-refractivity contribution in [3.05, 3.63) is 70.6 Å². The molecule has 0 atom stereocenters. The number of benzene rings is 2. The normalized spacial score (nSPS) is 11.0. The summed E-state index contributed by atoms with van der Waals surface area (Å²) in [4.78, 5) is 6.78. The molecule has 0 aliphatic heterocycles. The minimum Gasteiger partial charge on any atom is -0.497 e. The van der Waals surface area contributed by atoms with Gasteiger partial charge in [-0.15, -0.1) is 11.3 Å². The molecular weight excluding hydrogens is 346 g/mol. The van der Waals surface area contributed by atoms with Crippen molar-refractivity contribution in [3.63, 3.8) is 0 Å². The first-order valence-electron chi connectivity index (χ1n) is 6.94. The van der Waals surface area contributed by atoms with Gasteiger partial charge in [-0.25, -0.2) is 0 Å². The number of ether oxygens (including phenoxy) is 1. The third kappa shape index (κ3) is 4.61. The zero-order valence-electron chi connectivity index (χ0n) is 12.4. The van der Waals surface area contributed by atoms with E-state index in [1.54, 1.807) is 30.2 Å². The van der Waals surface area contributed by atoms with E-state index in [1.807, 2.05) is 54.7 Å². The second-order valence-electron chi connectivity index (χ2n) is 4.67. The topological polar surface area (TPSA) is 21.6 Å². The van der Waals surface area contributed by atoms with Crippen LogP contribution in [0.3, 0.4) is 0 Å². The van der Waals surface area contributed by atoms with Crippen molar-refractivity contribution in [2.45, 2.75) is 9.10 Å². The van der Waals surface area contributed by atoms with Gasteiger partial charge in [-0.2, -0.15) is 0 Å². The van der Waals surface area contributed by atoms with Crippen LogP contribution in [0.1, 0.15) is 4.88 Å². The van der Waals surface area contributed by atoms with Crippen LogP contribution in [0, 0.1) is 0 Å². The summed E-state index contributed by atoms with van der Waals surface area (Å²) in [6.45, 7) is 0. The molecule has 3 rings (SSSR count). The van der Waals surface area contributed by atoms with E-state index in [-0.39, 0.29) is 0 Å². The highest BCUT2D eigenvalue weighted by Crippen LogP contribution is 2.33. The predicted molar refractivity (Wildman–Crippen MR) is 100 cm³/mol. The molecule has 0 N–H and O–H groups in total. The van der Waals surface area contributed by atoms with Crippen LogP contribution in [0.5, 0.6) is 5.75 Å². The zero-order valence-corrected chi connectivity index (χ0v) is 14.8. The minimum absolute atomic E-state index is 0.756. The van der Waals surface area contributed by atoms with Crippen LogP contribution >= 0.6 is 34.7 Å². The van der Waals surface area contributed by atoms with Gasteiger partial charge in [-0.3, -0.25) is 4.99 Å². The van der Waals surface area contributed by atoms with E-state index in [2.05, 4.69) is 17.1 Å². The molecule has 0 spiro atoms. The van der Waals surface area contributed by atoms with Gasteiger partial charge in [-0.05, 0) is 48.5 Å². The zero-order chi connectivity index (χ0) is 16.1. The van der Waals surface area contributed by atoms with Gasteiger partial charge in [0.2, 0.25) is 0 Å². The largest absolute Gasteiger partial charge is 0.497 e. The molecule has 0 radical (unpaired) electrons. The smallest absolute Gasteiger partial charge is 0.121 e. The Morgan fingerprint density at radius 2 is 1.91 bits per heavy atom. The Balaban J connectivity index is 1.69. The Morgan fingerprint density at radius 3 is 2.70 bits per heavy atom. The molecule has 1 heterocycles. The van der Waals surface area contributed by atoms with Gasteiger partial charge in [0.05, 0.1) is 17.0 Å². The summed E-state index contributed by atoms with van der Waals surface area (Å²) >= 11 is 9.34. The molecule has 0 amide bonds. The highest BCUT2D eigenvalue weighted by Gasteiger charge is 2.01. The fraction of sp³-hybridized carbons (Fsp3) is 0.0556. The Bertz CT molecular complexity index is 812. The molecule has 0 saturated heterocycles. The van der Waals surface area contributed by atoms with E-state index in [9.17, 15) is 0 Å². The summed E-state index contributed by atoms with van der Waals surface area (Å²) in [6, 6.07) is 19.7. The molecule has 0 saturated carbocycles. The van der Waals surface area contributed by atoms with Crippen molar-refractivity contribution < 1.29 is 4.74 Å². The van der Waals surface area contributed by atoms with Crippen molar-refractivity contribution in [2.24, 2.45) is 4.99 Å². The highest BCUT2D eigenvalue weighted by atomic mass is 35.5. The van der Waals surface area contributed by atoms with Crippen molar-refractivity contribution in [2.75, 3.05) is 7.11 Å². The van der Waals surface area contributed by atoms with E-state index in [4.69, 9.17) is 16.3 Å². The van der Waals surface area contributed by atoms with E-state index >= 15 is 0 Å². The van der Waals surface area contributed by atoms with Gasteiger partial charge in [-0.1, -0.05) is 29.4 Å². The second-order valence-corrected chi connectivity index (χ2v) is 7.60. The van der Waals surface area contributed by atoms with Crippen molar-refractivity contribution >= 4 is 46.6 Å². The van der Waals surface area contributed by atoms with Crippen LogP contribution < -0.4 is 4.74 Å². The lowest BCUT2D eigenvalue weighted by molar-refractivity contribution is 0.415. The lowest BCUT2D eigenvalue weighted by Crippen LogP contribution is -1.80. The van der Waals surface area contributed by atoms with Gasteiger partial charge < -0.3 is 4.74 Å². The van der Waals surface area contributed by atoms with Crippen LogP contribution in [-0.2, 0) is 0 Å². The van der Waals surface area contributed by atoms with Gasteiger partial charge >= 0.3 is 0 Å². The molecule has 0 fully saturated rings. The predicted octanol–water partition coefficient (Wildman–Crippen LogP) is 6.31. The maximum Gasteiger partial charge on any atom is 0.121 e. The molecule has 5 heteroatoms. The fourth-order valence-corrected chi connectivity index (χ4v) is 4.03. The van der Waals surface area contributed by atoms with Crippen LogP contribution in [0.15, 0.2) is 74.8 Å². The lowest BCUT2D eigenvalue weighted by Gasteiger charge is -1.99. The molecule has 0 bridgehead atoms. The number of thiophene rings is 1. The molecule has 2 nitrogen and oxygen atoms in total. The lowest BCUT2D eigenvalue weighted by atomic mass is 10.3. The van der Waals surface area contributed by atoms with Gasteiger partial charge in [0.1, 0.15) is 5.75 Å². The molecule has 2 aromatic carbocycles. The average molecular weight is 360 g/mol. The van der Waals surface area contributed by atoms with Crippen LogP contribution in [0.4, 0.5) is 5.69 Å². The number of methoxy groups -OCH3 is 1. The van der Waals surface area contributed by atoms with Gasteiger partial charge in [0.15, 0.2) is 0 Å². The van der Waals surface area contributed by atoms with E-state index < -0.39 is 0 Å². The summed E-state index contributed by atoms with van der Waals surface area (Å²) in [7, 11) is 1.66. The Labute approximate surface area is 148 Å². The first-order valence-corrected chi connectivity index (χ1v) is 8.95. The summed E-state index contributed by atoms with van der Waals surface area (Å²) in [5, 5.41) is 0.756. The Morgan fingerprint density at radius 1 is 1.09 bits per heavy atom. The second kappa shape index (κ2) is 7.68. The first-order chi connectivity index (χ1) is 11.2. The van der Waals surface area contributed by atoms with Crippen LogP contribution in [0.2, 0.25) is 5.02 Å². The maximum atomic E-state index is 5.91. The summed E-state index contributed by atoms with van der Waals surface area (Å²) in [5.74, 6) is 0.810. The fourth-order valence-electron chi connectivity index (χ4n) is 1.91. The number of nitrogens with zero attached hydrogens (tertiary/aromatic N) is 1. The quantitative estimate of drug-likeness (QED) is 0.497. The maximum absolute atomic E-state index is 5.91. The Hall–Kier alpha value is -1.75. The number of rotatable bonds is 5. The van der Waals surface area contributed by atoms with Gasteiger partial charge in [0, 0.05) is 27.1 Å². The average Bonchev–Trinajstić information content (AvgIpc) is 3.03. The first kappa shape index (κ1) is 16.1. The highest BCUT2D eigenvalue weighted by molar-refractivity contribution is 8.01. The molecule has 1 aromatic heterocycles. The SMILES string of the molecule is COc1cccc(N=Cc2ccc(Sc3ccc(Cl)cc3)s2)c1. The number of hydrogen-bond donors (Lipinski definition) is 0. The third-order valence-corrected chi connectivity index (χ3v) is 5.44. The number of hydrogen-bond acceptors (Lipinski definition) is 4. The standard InChI is InChI=1S/C18H14ClNOS2/c1-21-15-4-2-3-14(11-15)20-12-17-9-10-18(23-17)22-16-7-5-13(19)6-8-16/h2-12H,1H3. The van der Waals surface area contributed by atoms with Crippen molar-refractivity contribution in [1.29, 1.82) is 0 Å². The monoisotopic (exact) mass is 359 g/mol. The number of halogens is 1. The summed E-state index contributed by atoms with van der Waals surface area (Å²) in [5.41, 5.74) is 0.879. The molecule has 23 heavy (non-hydrogen) atoms. The van der Waals surface area contributed by atoms with E-state index in [0.717, 1.165) is 21.3 Å². The van der Waals surface area contributed by atoms with Crippen molar-refractivity contribution in [1.82, 2.24) is 0 Å². The summed E-state index contributed by atoms with van der Waals surface area (Å²) < 4.78 is 6.42. The molecule has 0 unspecified atom stereocenters.